The molecule has 3 rings (SSSR count). The minimum atomic E-state index is -8.32. The van der Waals surface area contributed by atoms with Crippen molar-refractivity contribution < 1.29 is 185 Å². The van der Waals surface area contributed by atoms with Gasteiger partial charge in [0.15, 0.2) is 0 Å². The molecular formula is C42H24F39O3P. The van der Waals surface area contributed by atoms with Gasteiger partial charge in [0.1, 0.15) is 17.2 Å². The van der Waals surface area contributed by atoms with Crippen LogP contribution in [0.4, 0.5) is 171 Å². The second kappa shape index (κ2) is 22.7. The lowest BCUT2D eigenvalue weighted by Crippen LogP contribution is -2.70. The fraction of sp³-hybridized carbons (Fsp3) is 0.571. The molecule has 0 N–H and O–H groups in total. The van der Waals surface area contributed by atoms with Crippen LogP contribution in [0, 0.1) is 0 Å². The van der Waals surface area contributed by atoms with Crippen LogP contribution in [0.25, 0.3) is 0 Å². The van der Waals surface area contributed by atoms with E-state index in [-0.39, 0.29) is 18.2 Å². The van der Waals surface area contributed by atoms with Crippen LogP contribution in [-0.4, -0.2) is 107 Å². The van der Waals surface area contributed by atoms with Crippen molar-refractivity contribution in [3.05, 3.63) is 89.5 Å². The van der Waals surface area contributed by atoms with Gasteiger partial charge in [0.05, 0.1) is 0 Å². The van der Waals surface area contributed by atoms with Crippen molar-refractivity contribution in [2.24, 2.45) is 0 Å². The SMILES string of the molecule is FC(F)(F)C(F)(F)C(F)(F)C(F)(F)C(F)(F)C(F)(F)CCc1cccc(OP(Oc2cccc(CCC(F)(F)C(F)(F)C(F)(F)C(F)(F)C(F)(F)C(F)(F)F)c2)Oc2cccc(CCC(F)(F)C(F)(F)C(F)(F)C(F)(F)C(F)(F)C(F)(F)F)c2)c1. The van der Waals surface area contributed by atoms with Crippen LogP contribution in [0.3, 0.4) is 0 Å². The molecule has 488 valence electrons. The summed E-state index contributed by atoms with van der Waals surface area (Å²) in [5.41, 5.74) is -2.93. The average Bonchev–Trinajstić information content (AvgIpc) is 1.04. The van der Waals surface area contributed by atoms with Gasteiger partial charge in [0.2, 0.25) is 0 Å². The predicted molar refractivity (Wildman–Crippen MR) is 205 cm³/mol. The van der Waals surface area contributed by atoms with E-state index in [1.165, 1.54) is 0 Å². The van der Waals surface area contributed by atoms with E-state index in [0.29, 0.717) is 54.6 Å². The molecule has 0 aliphatic carbocycles. The summed E-state index contributed by atoms with van der Waals surface area (Å²) >= 11 is 0. The predicted octanol–water partition coefficient (Wildman–Crippen LogP) is 19.5. The summed E-state index contributed by atoms with van der Waals surface area (Å²) in [5.74, 6) is -121. The standard InChI is InChI=1S/C42H24F39O3P/c43-25(44,28(49,50)31(55,56)34(61,62)37(67,68)40(73,74)75)13-10-19-4-1-7-22(16-19)82-85(83-23-8-2-5-20(17-23)11-14-26(45,46)29(51,52)32(57,58)35(63,64)38(69,70)41(76,77)78)84-24-9-3-6-21(18-24)12-15-27(47,48)30(53,54)33(59,60)36(65,66)39(71,72)42(79,80)81/h1-9,16-18H,10-15H2. The molecule has 0 heterocycles. The zero-order valence-electron chi connectivity index (χ0n) is 39.6. The van der Waals surface area contributed by atoms with Gasteiger partial charge in [-0.25, -0.2) is 0 Å². The van der Waals surface area contributed by atoms with Gasteiger partial charge >= 0.3 is 116 Å². The second-order valence-corrected chi connectivity index (χ2v) is 18.4. The van der Waals surface area contributed by atoms with Crippen LogP contribution >= 0.6 is 8.60 Å². The van der Waals surface area contributed by atoms with E-state index in [1.54, 1.807) is 0 Å². The summed E-state index contributed by atoms with van der Waals surface area (Å²) in [6, 6.07) is 5.72. The Morgan fingerprint density at radius 2 is 0.412 bits per heavy atom. The maximum absolute atomic E-state index is 14.6. The van der Waals surface area contributed by atoms with E-state index < -0.39 is 188 Å². The number of alkyl halides is 39. The van der Waals surface area contributed by atoms with Crippen molar-refractivity contribution in [1.29, 1.82) is 0 Å². The molecule has 3 aromatic carbocycles. The van der Waals surface area contributed by atoms with E-state index in [1.807, 2.05) is 0 Å². The summed E-state index contributed by atoms with van der Waals surface area (Å²) in [6.45, 7) is 0. The summed E-state index contributed by atoms with van der Waals surface area (Å²) in [4.78, 5) is 0. The first kappa shape index (κ1) is 74.0. The molecule has 0 aromatic heterocycles. The molecule has 0 spiro atoms. The number of hydrogen-bond acceptors (Lipinski definition) is 3. The largest absolute Gasteiger partial charge is 0.530 e. The molecule has 3 nitrogen and oxygen atoms in total. The van der Waals surface area contributed by atoms with Gasteiger partial charge in [0.25, 0.3) is 0 Å². The van der Waals surface area contributed by atoms with Crippen LogP contribution in [0.1, 0.15) is 36.0 Å². The lowest BCUT2D eigenvalue weighted by Gasteiger charge is -2.39. The van der Waals surface area contributed by atoms with Crippen LogP contribution in [0.2, 0.25) is 0 Å². The number of benzene rings is 3. The third-order valence-electron chi connectivity index (χ3n) is 11.4. The minimum absolute atomic E-state index is 0.284. The van der Waals surface area contributed by atoms with Crippen molar-refractivity contribution in [3.8, 4) is 17.2 Å². The van der Waals surface area contributed by atoms with Crippen molar-refractivity contribution in [3.63, 3.8) is 0 Å². The number of rotatable bonds is 27. The summed E-state index contributed by atoms with van der Waals surface area (Å²) in [5, 5.41) is 0. The Labute approximate surface area is 446 Å². The molecule has 85 heavy (non-hydrogen) atoms. The van der Waals surface area contributed by atoms with Gasteiger partial charge in [-0.1, -0.05) is 36.4 Å². The molecule has 0 fully saturated rings. The number of halogens is 39. The quantitative estimate of drug-likeness (QED) is 0.0562. The molecule has 0 saturated carbocycles. The van der Waals surface area contributed by atoms with E-state index in [0.717, 1.165) is 0 Å². The van der Waals surface area contributed by atoms with Crippen LogP contribution < -0.4 is 13.6 Å². The highest BCUT2D eigenvalue weighted by molar-refractivity contribution is 7.43. The van der Waals surface area contributed by atoms with E-state index >= 15 is 0 Å². The molecule has 0 aliphatic heterocycles. The molecule has 0 aliphatic rings. The monoisotopic (exact) mass is 1350 g/mol. The molecule has 0 bridgehead atoms. The van der Waals surface area contributed by atoms with Crippen LogP contribution in [0.15, 0.2) is 72.8 Å². The van der Waals surface area contributed by atoms with Gasteiger partial charge in [-0.15, -0.1) is 0 Å². The van der Waals surface area contributed by atoms with E-state index in [9.17, 15) is 171 Å². The molecule has 0 unspecified atom stereocenters. The normalized spacial score (nSPS) is 15.4. The molecular weight excluding hydrogens is 1320 g/mol. The first-order valence-corrected chi connectivity index (χ1v) is 22.5. The number of hydrogen-bond donors (Lipinski definition) is 0. The lowest BCUT2D eigenvalue weighted by molar-refractivity contribution is -0.440. The van der Waals surface area contributed by atoms with Crippen molar-refractivity contribution >= 4 is 8.60 Å². The van der Waals surface area contributed by atoms with E-state index in [4.69, 9.17) is 13.6 Å². The topological polar surface area (TPSA) is 27.7 Å². The van der Waals surface area contributed by atoms with Gasteiger partial charge in [-0.2, -0.15) is 171 Å². The highest BCUT2D eigenvalue weighted by Gasteiger charge is 2.93. The van der Waals surface area contributed by atoms with Gasteiger partial charge in [-0.3, -0.25) is 0 Å². The molecule has 0 atom stereocenters. The van der Waals surface area contributed by atoms with Crippen molar-refractivity contribution in [2.45, 2.75) is 146 Å². The molecule has 0 amide bonds. The summed E-state index contributed by atoms with van der Waals surface area (Å²) in [7, 11) is -3.77. The third-order valence-corrected chi connectivity index (χ3v) is 12.5. The highest BCUT2D eigenvalue weighted by atomic mass is 31.2. The Morgan fingerprint density at radius 3 is 0.588 bits per heavy atom. The molecule has 0 saturated heterocycles. The fourth-order valence-corrected chi connectivity index (χ4v) is 7.34. The molecule has 3 aromatic rings. The van der Waals surface area contributed by atoms with Crippen LogP contribution in [0.5, 0.6) is 17.2 Å². The maximum atomic E-state index is 14.6. The second-order valence-electron chi connectivity index (χ2n) is 17.4. The highest BCUT2D eigenvalue weighted by Crippen LogP contribution is 2.64. The molecule has 0 radical (unpaired) electrons. The average molecular weight is 1350 g/mol. The first-order chi connectivity index (χ1) is 37.4. The Hall–Kier alpha value is -5.24. The smallest absolute Gasteiger partial charge is 0.408 e. The minimum Gasteiger partial charge on any atom is -0.408 e. The fourth-order valence-electron chi connectivity index (χ4n) is 6.37. The summed E-state index contributed by atoms with van der Waals surface area (Å²) in [6.07, 6.45) is -37.6. The van der Waals surface area contributed by atoms with E-state index in [2.05, 4.69) is 0 Å². The summed E-state index contributed by atoms with van der Waals surface area (Å²) < 4.78 is 548. The third kappa shape index (κ3) is 12.9. The lowest BCUT2D eigenvalue weighted by atomic mass is 9.91. The van der Waals surface area contributed by atoms with Crippen LogP contribution in [-0.2, 0) is 19.3 Å². The Morgan fingerprint density at radius 1 is 0.235 bits per heavy atom. The zero-order valence-corrected chi connectivity index (χ0v) is 40.5. The van der Waals surface area contributed by atoms with Crippen molar-refractivity contribution in [1.82, 2.24) is 0 Å². The zero-order chi connectivity index (χ0) is 66.9. The van der Waals surface area contributed by atoms with Gasteiger partial charge in [0, 0.05) is 19.3 Å². The van der Waals surface area contributed by atoms with Crippen molar-refractivity contribution in [2.75, 3.05) is 0 Å². The van der Waals surface area contributed by atoms with Gasteiger partial charge in [-0.05, 0) is 72.4 Å². The number of aryl methyl sites for hydroxylation is 3. The Kier molecular flexibility index (Phi) is 19.8. The Bertz CT molecular complexity index is 2470. The van der Waals surface area contributed by atoms with Gasteiger partial charge < -0.3 is 13.6 Å². The first-order valence-electron chi connectivity index (χ1n) is 21.4. The molecule has 43 heteroatoms. The maximum Gasteiger partial charge on any atom is 0.530 e. The Balaban J connectivity index is 2.07.